The Balaban J connectivity index is 2.16. The van der Waals surface area contributed by atoms with Gasteiger partial charge in [0.25, 0.3) is 0 Å². The van der Waals surface area contributed by atoms with Gasteiger partial charge < -0.3 is 0 Å². The van der Waals surface area contributed by atoms with Crippen molar-refractivity contribution < 1.29 is 0 Å². The molecule has 1 aromatic carbocycles. The molecule has 0 amide bonds. The molecule has 1 heterocycles. The van der Waals surface area contributed by atoms with Crippen molar-refractivity contribution in [1.29, 1.82) is 0 Å². The Bertz CT molecular complexity index is 649. The van der Waals surface area contributed by atoms with Crippen LogP contribution in [0.4, 0.5) is 0 Å². The van der Waals surface area contributed by atoms with Crippen LogP contribution in [0, 0.1) is 6.92 Å². The molecule has 106 valence electrons. The Morgan fingerprint density at radius 1 is 1.00 bits per heavy atom. The van der Waals surface area contributed by atoms with E-state index in [9.17, 15) is 0 Å². The Labute approximate surface area is 126 Å². The number of hydrogen-bond donors (Lipinski definition) is 0. The summed E-state index contributed by atoms with van der Waals surface area (Å²) in [6.45, 7) is 11.6. The van der Waals surface area contributed by atoms with Gasteiger partial charge in [-0.2, -0.15) is 0 Å². The molecule has 0 atom stereocenters. The second-order valence-corrected chi connectivity index (χ2v) is 8.34. The van der Waals surface area contributed by atoms with Gasteiger partial charge in [0, 0.05) is 10.9 Å². The third-order valence-corrected chi connectivity index (χ3v) is 5.54. The second kappa shape index (κ2) is 4.42. The minimum atomic E-state index is 0.270. The van der Waals surface area contributed by atoms with E-state index >= 15 is 0 Å². The molecular formula is C18H23NS. The highest BCUT2D eigenvalue weighted by atomic mass is 32.1. The van der Waals surface area contributed by atoms with Gasteiger partial charge in [0.2, 0.25) is 0 Å². The van der Waals surface area contributed by atoms with Gasteiger partial charge in [0.1, 0.15) is 0 Å². The summed E-state index contributed by atoms with van der Waals surface area (Å²) >= 11 is 1.73. The second-order valence-electron chi connectivity index (χ2n) is 7.28. The number of benzene rings is 1. The summed E-state index contributed by atoms with van der Waals surface area (Å²) in [7, 11) is 0. The summed E-state index contributed by atoms with van der Waals surface area (Å²) < 4.78 is 0. The molecule has 0 N–H and O–H groups in total. The number of aromatic nitrogens is 1. The lowest BCUT2D eigenvalue weighted by atomic mass is 9.63. The van der Waals surface area contributed by atoms with Crippen LogP contribution in [0.2, 0.25) is 0 Å². The average Bonchev–Trinajstić information content (AvgIpc) is 2.82. The molecule has 0 aliphatic heterocycles. The molecule has 0 radical (unpaired) electrons. The molecule has 1 aliphatic rings. The summed E-state index contributed by atoms with van der Waals surface area (Å²) in [6.07, 6.45) is 2.52. The molecule has 2 heteroatoms. The van der Waals surface area contributed by atoms with Crippen LogP contribution >= 0.6 is 11.3 Å². The molecule has 1 nitrogen and oxygen atoms in total. The van der Waals surface area contributed by atoms with Crippen LogP contribution < -0.4 is 0 Å². The van der Waals surface area contributed by atoms with Gasteiger partial charge in [0.15, 0.2) is 0 Å². The minimum Gasteiger partial charge on any atom is -0.242 e. The number of nitrogens with zero attached hydrogens (tertiary/aromatic N) is 1. The van der Waals surface area contributed by atoms with Crippen LogP contribution in [0.3, 0.4) is 0 Å². The van der Waals surface area contributed by atoms with Crippen LogP contribution in [0.25, 0.3) is 11.3 Å². The van der Waals surface area contributed by atoms with Crippen molar-refractivity contribution in [1.82, 2.24) is 4.98 Å². The van der Waals surface area contributed by atoms with E-state index in [4.69, 9.17) is 0 Å². The summed E-state index contributed by atoms with van der Waals surface area (Å²) in [6, 6.07) is 6.96. The minimum absolute atomic E-state index is 0.270. The quantitative estimate of drug-likeness (QED) is 0.677. The lowest BCUT2D eigenvalue weighted by Crippen LogP contribution is -2.33. The van der Waals surface area contributed by atoms with Gasteiger partial charge >= 0.3 is 0 Å². The van der Waals surface area contributed by atoms with Crippen molar-refractivity contribution in [2.24, 2.45) is 0 Å². The summed E-state index contributed by atoms with van der Waals surface area (Å²) in [5.41, 5.74) is 5.97. The normalized spacial score (nSPS) is 19.6. The summed E-state index contributed by atoms with van der Waals surface area (Å²) in [5, 5.41) is 3.30. The van der Waals surface area contributed by atoms with Crippen LogP contribution in [-0.2, 0) is 10.8 Å². The molecule has 0 bridgehead atoms. The number of aryl methyl sites for hydroxylation is 1. The maximum Gasteiger partial charge on any atom is 0.0901 e. The smallest absolute Gasteiger partial charge is 0.0901 e. The van der Waals surface area contributed by atoms with Crippen molar-refractivity contribution in [2.45, 2.75) is 58.3 Å². The number of hydrogen-bond acceptors (Lipinski definition) is 2. The predicted molar refractivity (Wildman–Crippen MR) is 87.6 cm³/mol. The Hall–Kier alpha value is -1.15. The van der Waals surface area contributed by atoms with Crippen molar-refractivity contribution >= 4 is 11.3 Å². The van der Waals surface area contributed by atoms with E-state index in [0.717, 1.165) is 10.7 Å². The zero-order valence-corrected chi connectivity index (χ0v) is 13.9. The van der Waals surface area contributed by atoms with Gasteiger partial charge in [-0.15, -0.1) is 11.3 Å². The highest BCUT2D eigenvalue weighted by Crippen LogP contribution is 2.46. The summed E-state index contributed by atoms with van der Waals surface area (Å²) in [5.74, 6) is 0. The zero-order chi connectivity index (χ0) is 14.5. The summed E-state index contributed by atoms with van der Waals surface area (Å²) in [4.78, 5) is 4.63. The van der Waals surface area contributed by atoms with Gasteiger partial charge in [0.05, 0.1) is 10.7 Å². The predicted octanol–water partition coefficient (Wildman–Crippen LogP) is 5.47. The van der Waals surface area contributed by atoms with Gasteiger partial charge in [-0.3, -0.25) is 0 Å². The molecule has 0 unspecified atom stereocenters. The Kier molecular flexibility index (Phi) is 3.06. The standard InChI is InChI=1S/C18H23NS/c1-12-19-16(11-20-12)13-6-7-14-15(10-13)18(4,5)9-8-17(14,2)3/h6-7,10-11H,8-9H2,1-5H3. The van der Waals surface area contributed by atoms with Crippen molar-refractivity contribution in [2.75, 3.05) is 0 Å². The average molecular weight is 285 g/mol. The highest BCUT2D eigenvalue weighted by Gasteiger charge is 2.36. The van der Waals surface area contributed by atoms with E-state index in [1.165, 1.54) is 29.5 Å². The lowest BCUT2D eigenvalue weighted by molar-refractivity contribution is 0.332. The zero-order valence-electron chi connectivity index (χ0n) is 13.1. The van der Waals surface area contributed by atoms with Crippen molar-refractivity contribution in [3.8, 4) is 11.3 Å². The van der Waals surface area contributed by atoms with E-state index in [1.807, 2.05) is 0 Å². The monoisotopic (exact) mass is 285 g/mol. The molecule has 0 saturated carbocycles. The van der Waals surface area contributed by atoms with Crippen molar-refractivity contribution in [3.05, 3.63) is 39.7 Å². The fraction of sp³-hybridized carbons (Fsp3) is 0.500. The Morgan fingerprint density at radius 3 is 2.25 bits per heavy atom. The third-order valence-electron chi connectivity index (χ3n) is 4.77. The Morgan fingerprint density at radius 2 is 1.65 bits per heavy atom. The maximum atomic E-state index is 4.63. The molecule has 2 aromatic rings. The van der Waals surface area contributed by atoms with Crippen LogP contribution in [-0.4, -0.2) is 4.98 Å². The van der Waals surface area contributed by atoms with Gasteiger partial charge in [-0.25, -0.2) is 4.98 Å². The molecule has 20 heavy (non-hydrogen) atoms. The first kappa shape index (κ1) is 13.8. The van der Waals surface area contributed by atoms with Crippen LogP contribution in [0.15, 0.2) is 23.6 Å². The van der Waals surface area contributed by atoms with Crippen LogP contribution in [0.1, 0.15) is 56.7 Å². The van der Waals surface area contributed by atoms with E-state index < -0.39 is 0 Å². The van der Waals surface area contributed by atoms with E-state index in [1.54, 1.807) is 11.3 Å². The topological polar surface area (TPSA) is 12.9 Å². The number of fused-ring (bicyclic) bond motifs is 1. The molecule has 1 aromatic heterocycles. The number of rotatable bonds is 1. The molecule has 0 saturated heterocycles. The first-order chi connectivity index (χ1) is 9.29. The van der Waals surface area contributed by atoms with Crippen LogP contribution in [0.5, 0.6) is 0 Å². The largest absolute Gasteiger partial charge is 0.242 e. The van der Waals surface area contributed by atoms with E-state index in [2.05, 4.69) is 63.2 Å². The lowest BCUT2D eigenvalue weighted by Gasteiger charge is -2.42. The molecule has 1 aliphatic carbocycles. The van der Waals surface area contributed by atoms with Crippen molar-refractivity contribution in [3.63, 3.8) is 0 Å². The first-order valence-corrected chi connectivity index (χ1v) is 8.25. The van der Waals surface area contributed by atoms with E-state index in [0.29, 0.717) is 5.41 Å². The first-order valence-electron chi connectivity index (χ1n) is 7.37. The fourth-order valence-corrected chi connectivity index (χ4v) is 3.87. The third kappa shape index (κ3) is 2.20. The molecule has 3 rings (SSSR count). The number of thiazole rings is 1. The molecular weight excluding hydrogens is 262 g/mol. The van der Waals surface area contributed by atoms with Gasteiger partial charge in [-0.05, 0) is 47.8 Å². The molecule has 0 fully saturated rings. The fourth-order valence-electron chi connectivity index (χ4n) is 3.24. The van der Waals surface area contributed by atoms with E-state index in [-0.39, 0.29) is 5.41 Å². The highest BCUT2D eigenvalue weighted by molar-refractivity contribution is 7.09. The molecule has 0 spiro atoms. The maximum absolute atomic E-state index is 4.63. The SMILES string of the molecule is Cc1nc(-c2ccc3c(c2)C(C)(C)CCC3(C)C)cs1. The van der Waals surface area contributed by atoms with Gasteiger partial charge in [-0.1, -0.05) is 39.8 Å².